The molecule has 0 spiro atoms. The molecule has 218 valence electrons. The number of rotatable bonds is 29. The van der Waals surface area contributed by atoms with Gasteiger partial charge in [0.25, 0.3) is 0 Å². The highest BCUT2D eigenvalue weighted by Gasteiger charge is 2.24. The highest BCUT2D eigenvalue weighted by molar-refractivity contribution is 4.82. The van der Waals surface area contributed by atoms with Gasteiger partial charge in [-0.15, -0.1) is 0 Å². The summed E-state index contributed by atoms with van der Waals surface area (Å²) in [6.45, 7) is 4.61. The Labute approximate surface area is 230 Å². The Kier molecular flexibility index (Phi) is 27.9. The maximum absolute atomic E-state index is 2.52. The van der Waals surface area contributed by atoms with Crippen LogP contribution in [-0.2, 0) is 0 Å². The van der Waals surface area contributed by atoms with Crippen LogP contribution >= 0.6 is 0 Å². The van der Waals surface area contributed by atoms with Crippen LogP contribution in [0.1, 0.15) is 181 Å². The van der Waals surface area contributed by atoms with Crippen LogP contribution in [-0.4, -0.2) is 50.1 Å². The Balaban J connectivity index is 3.84. The summed E-state index contributed by atoms with van der Waals surface area (Å²) in [5.74, 6) is 0. The third kappa shape index (κ3) is 23.1. The second-order valence-electron chi connectivity index (χ2n) is 12.4. The Morgan fingerprint density at radius 2 is 0.500 bits per heavy atom. The van der Waals surface area contributed by atoms with Crippen LogP contribution in [0.25, 0.3) is 0 Å². The van der Waals surface area contributed by atoms with Crippen molar-refractivity contribution in [2.24, 2.45) is 0 Å². The van der Waals surface area contributed by atoms with Gasteiger partial charge in [0.05, 0.1) is 0 Å². The van der Waals surface area contributed by atoms with Crippen molar-refractivity contribution in [3.63, 3.8) is 0 Å². The van der Waals surface area contributed by atoms with Gasteiger partial charge in [-0.25, -0.2) is 0 Å². The molecule has 0 rings (SSSR count). The Morgan fingerprint density at radius 1 is 0.306 bits per heavy atom. The molecule has 0 fully saturated rings. The van der Waals surface area contributed by atoms with E-state index in [0.29, 0.717) is 12.1 Å². The summed E-state index contributed by atoms with van der Waals surface area (Å²) >= 11 is 0. The molecule has 0 N–H and O–H groups in total. The average Bonchev–Trinajstić information content (AvgIpc) is 2.85. The molecule has 2 heteroatoms. The minimum atomic E-state index is 0.705. The lowest BCUT2D eigenvalue weighted by atomic mass is 9.93. The monoisotopic (exact) mass is 509 g/mol. The third-order valence-corrected chi connectivity index (χ3v) is 8.48. The second kappa shape index (κ2) is 27.9. The summed E-state index contributed by atoms with van der Waals surface area (Å²) in [6, 6.07) is 1.41. The summed E-state index contributed by atoms with van der Waals surface area (Å²) in [7, 11) is 9.23. The first-order chi connectivity index (χ1) is 17.5. The van der Waals surface area contributed by atoms with Crippen molar-refractivity contribution in [1.82, 2.24) is 9.80 Å². The van der Waals surface area contributed by atoms with Gasteiger partial charge in [0, 0.05) is 12.1 Å². The van der Waals surface area contributed by atoms with Gasteiger partial charge in [-0.1, -0.05) is 168 Å². The Morgan fingerprint density at radius 3 is 0.694 bits per heavy atom. The van der Waals surface area contributed by atoms with Crippen molar-refractivity contribution in [3.05, 3.63) is 0 Å². The van der Waals surface area contributed by atoms with E-state index in [-0.39, 0.29) is 0 Å². The number of nitrogens with zero attached hydrogens (tertiary/aromatic N) is 2. The quantitative estimate of drug-likeness (QED) is 0.0927. The molecule has 0 aromatic rings. The van der Waals surface area contributed by atoms with Gasteiger partial charge < -0.3 is 9.80 Å². The standard InChI is InChI=1S/C34H72N2/c1-7-9-11-13-15-17-19-20-21-22-24-26-28-30-32-34(36(5)6)33(35(3)4)31-29-27-25-23-18-16-14-12-10-8-2/h33-34H,7-32H2,1-6H3. The summed E-state index contributed by atoms with van der Waals surface area (Å²) in [5, 5.41) is 0. The first-order valence-electron chi connectivity index (χ1n) is 16.9. The van der Waals surface area contributed by atoms with Crippen LogP contribution in [0, 0.1) is 0 Å². The molecule has 2 nitrogen and oxygen atoms in total. The molecular formula is C34H72N2. The summed E-state index contributed by atoms with van der Waals surface area (Å²) in [4.78, 5) is 5.03. The van der Waals surface area contributed by atoms with Crippen LogP contribution in [0.2, 0.25) is 0 Å². The van der Waals surface area contributed by atoms with Gasteiger partial charge in [0.15, 0.2) is 0 Å². The second-order valence-corrected chi connectivity index (χ2v) is 12.4. The molecule has 0 saturated heterocycles. The molecular weight excluding hydrogens is 436 g/mol. The molecule has 0 amide bonds. The van der Waals surface area contributed by atoms with Crippen LogP contribution in [0.5, 0.6) is 0 Å². The van der Waals surface area contributed by atoms with Crippen molar-refractivity contribution in [1.29, 1.82) is 0 Å². The van der Waals surface area contributed by atoms with E-state index in [2.05, 4.69) is 51.8 Å². The zero-order chi connectivity index (χ0) is 26.7. The molecule has 2 atom stereocenters. The molecule has 0 aliphatic heterocycles. The smallest absolute Gasteiger partial charge is 0.0245 e. The number of likely N-dealkylation sites (N-methyl/N-ethyl adjacent to an activating group) is 2. The van der Waals surface area contributed by atoms with Crippen LogP contribution in [0.15, 0.2) is 0 Å². The number of hydrogen-bond donors (Lipinski definition) is 0. The van der Waals surface area contributed by atoms with E-state index in [4.69, 9.17) is 0 Å². The van der Waals surface area contributed by atoms with Crippen molar-refractivity contribution in [2.45, 2.75) is 193 Å². The van der Waals surface area contributed by atoms with E-state index in [1.165, 1.54) is 167 Å². The van der Waals surface area contributed by atoms with Crippen LogP contribution < -0.4 is 0 Å². The molecule has 2 unspecified atom stereocenters. The van der Waals surface area contributed by atoms with Gasteiger partial charge in [0.2, 0.25) is 0 Å². The molecule has 0 bridgehead atoms. The third-order valence-electron chi connectivity index (χ3n) is 8.48. The lowest BCUT2D eigenvalue weighted by Gasteiger charge is -2.37. The van der Waals surface area contributed by atoms with E-state index < -0.39 is 0 Å². The highest BCUT2D eigenvalue weighted by Crippen LogP contribution is 2.21. The maximum atomic E-state index is 2.52. The zero-order valence-electron chi connectivity index (χ0n) is 26.4. The predicted octanol–water partition coefficient (Wildman–Crippen LogP) is 11.0. The summed E-state index contributed by atoms with van der Waals surface area (Å²) in [5.41, 5.74) is 0. The SMILES string of the molecule is CCCCCCCCCCCCCCCCC(C(CCCCCCCCCCCC)N(C)C)N(C)C. The van der Waals surface area contributed by atoms with Gasteiger partial charge in [-0.2, -0.15) is 0 Å². The summed E-state index contributed by atoms with van der Waals surface area (Å²) < 4.78 is 0. The zero-order valence-corrected chi connectivity index (χ0v) is 26.4. The molecule has 0 radical (unpaired) electrons. The minimum absolute atomic E-state index is 0.705. The van der Waals surface area contributed by atoms with Gasteiger partial charge in [-0.3, -0.25) is 0 Å². The highest BCUT2D eigenvalue weighted by atomic mass is 15.2. The van der Waals surface area contributed by atoms with Crippen LogP contribution in [0.4, 0.5) is 0 Å². The van der Waals surface area contributed by atoms with Crippen LogP contribution in [0.3, 0.4) is 0 Å². The van der Waals surface area contributed by atoms with Crippen molar-refractivity contribution in [3.8, 4) is 0 Å². The van der Waals surface area contributed by atoms with Crippen molar-refractivity contribution < 1.29 is 0 Å². The van der Waals surface area contributed by atoms with E-state index in [0.717, 1.165) is 0 Å². The molecule has 0 aliphatic rings. The van der Waals surface area contributed by atoms with E-state index in [1.54, 1.807) is 0 Å². The number of unbranched alkanes of at least 4 members (excludes halogenated alkanes) is 22. The Hall–Kier alpha value is -0.0800. The molecule has 36 heavy (non-hydrogen) atoms. The molecule has 0 saturated carbocycles. The number of hydrogen-bond acceptors (Lipinski definition) is 2. The van der Waals surface area contributed by atoms with Crippen molar-refractivity contribution in [2.75, 3.05) is 28.2 Å². The molecule has 0 aromatic carbocycles. The summed E-state index contributed by atoms with van der Waals surface area (Å²) in [6.07, 6.45) is 37.4. The first-order valence-corrected chi connectivity index (χ1v) is 16.9. The predicted molar refractivity (Wildman–Crippen MR) is 166 cm³/mol. The maximum Gasteiger partial charge on any atom is 0.0245 e. The topological polar surface area (TPSA) is 6.48 Å². The van der Waals surface area contributed by atoms with E-state index in [1.807, 2.05) is 0 Å². The Bertz CT molecular complexity index is 406. The lowest BCUT2D eigenvalue weighted by molar-refractivity contribution is 0.130. The van der Waals surface area contributed by atoms with Gasteiger partial charge in [-0.05, 0) is 41.0 Å². The molecule has 0 aliphatic carbocycles. The fourth-order valence-corrected chi connectivity index (χ4v) is 5.98. The minimum Gasteiger partial charge on any atom is -0.305 e. The fraction of sp³-hybridized carbons (Fsp3) is 1.00. The molecule has 0 aromatic heterocycles. The largest absolute Gasteiger partial charge is 0.305 e. The van der Waals surface area contributed by atoms with Gasteiger partial charge in [0.1, 0.15) is 0 Å². The fourth-order valence-electron chi connectivity index (χ4n) is 5.98. The normalized spacial score (nSPS) is 13.7. The lowest BCUT2D eigenvalue weighted by Crippen LogP contribution is -2.46. The first kappa shape index (κ1) is 35.9. The van der Waals surface area contributed by atoms with E-state index in [9.17, 15) is 0 Å². The molecule has 0 heterocycles. The average molecular weight is 509 g/mol. The van der Waals surface area contributed by atoms with Gasteiger partial charge >= 0.3 is 0 Å². The van der Waals surface area contributed by atoms with Crippen molar-refractivity contribution >= 4 is 0 Å². The van der Waals surface area contributed by atoms with E-state index >= 15 is 0 Å².